The lowest BCUT2D eigenvalue weighted by Crippen LogP contribution is -2.45. The van der Waals surface area contributed by atoms with Crippen LogP contribution in [0.3, 0.4) is 0 Å². The first-order chi connectivity index (χ1) is 6.83. The maximum absolute atomic E-state index is 11.1. The fourth-order valence-electron chi connectivity index (χ4n) is 1.05. The average Bonchev–Trinajstić information content (AvgIpc) is 2.09. The maximum Gasteiger partial charge on any atom is 0.242 e. The van der Waals surface area contributed by atoms with Crippen LogP contribution in [0.15, 0.2) is 18.2 Å². The highest BCUT2D eigenvalue weighted by atomic mass is 127. The van der Waals surface area contributed by atoms with Crippen LogP contribution in [-0.2, 0) is 4.79 Å². The molecule has 1 amide bonds. The largest absolute Gasteiger partial charge is 0.397 e. The minimum atomic E-state index is -0.805. The third kappa shape index (κ3) is 2.98. The molecule has 0 saturated carbocycles. The topological polar surface area (TPSA) is 81.1 Å². The highest BCUT2D eigenvalue weighted by Gasteiger charge is 2.24. The molecule has 0 bridgehead atoms. The Hall–Kier alpha value is -0.980. The van der Waals surface area contributed by atoms with Crippen LogP contribution in [0.2, 0.25) is 0 Å². The number of primary amides is 1. The molecular weight excluding hydrogens is 305 g/mol. The summed E-state index contributed by atoms with van der Waals surface area (Å²) >= 11 is 2.17. The third-order valence-electron chi connectivity index (χ3n) is 2.08. The SMILES string of the molecule is CC(C)(Nc1ccc(I)cc1N)C(N)=O. The summed E-state index contributed by atoms with van der Waals surface area (Å²) < 4.78 is 1.05. The van der Waals surface area contributed by atoms with Gasteiger partial charge in [0.2, 0.25) is 5.91 Å². The number of hydrogen-bond donors (Lipinski definition) is 3. The van der Waals surface area contributed by atoms with Gasteiger partial charge < -0.3 is 16.8 Å². The molecule has 0 spiro atoms. The molecule has 0 aromatic heterocycles. The Balaban J connectivity index is 2.95. The summed E-state index contributed by atoms with van der Waals surface area (Å²) in [6, 6.07) is 5.58. The van der Waals surface area contributed by atoms with Gasteiger partial charge in [0, 0.05) is 3.57 Å². The molecule has 0 aliphatic rings. The molecule has 0 aliphatic heterocycles. The number of benzene rings is 1. The monoisotopic (exact) mass is 319 g/mol. The van der Waals surface area contributed by atoms with E-state index in [1.54, 1.807) is 13.8 Å². The van der Waals surface area contributed by atoms with Crippen molar-refractivity contribution < 1.29 is 4.79 Å². The van der Waals surface area contributed by atoms with Gasteiger partial charge in [0.1, 0.15) is 5.54 Å². The van der Waals surface area contributed by atoms with Gasteiger partial charge in [-0.05, 0) is 54.6 Å². The van der Waals surface area contributed by atoms with Crippen LogP contribution in [0.1, 0.15) is 13.8 Å². The number of nitrogens with two attached hydrogens (primary N) is 2. The highest BCUT2D eigenvalue weighted by Crippen LogP contribution is 2.24. The van der Waals surface area contributed by atoms with Gasteiger partial charge in [-0.15, -0.1) is 0 Å². The lowest BCUT2D eigenvalue weighted by atomic mass is 10.0. The first kappa shape index (κ1) is 12.1. The van der Waals surface area contributed by atoms with Crippen molar-refractivity contribution in [3.63, 3.8) is 0 Å². The number of anilines is 2. The van der Waals surface area contributed by atoms with E-state index in [2.05, 4.69) is 27.9 Å². The summed E-state index contributed by atoms with van der Waals surface area (Å²) in [6.07, 6.45) is 0. The van der Waals surface area contributed by atoms with E-state index in [1.807, 2.05) is 18.2 Å². The minimum Gasteiger partial charge on any atom is -0.397 e. The van der Waals surface area contributed by atoms with Crippen LogP contribution in [0, 0.1) is 3.57 Å². The molecule has 1 aromatic carbocycles. The Kier molecular flexibility index (Phi) is 3.43. The summed E-state index contributed by atoms with van der Waals surface area (Å²) in [5.41, 5.74) is 11.6. The molecule has 0 saturated heterocycles. The zero-order chi connectivity index (χ0) is 11.6. The summed E-state index contributed by atoms with van der Waals surface area (Å²) in [5, 5.41) is 3.01. The van der Waals surface area contributed by atoms with E-state index in [-0.39, 0.29) is 0 Å². The van der Waals surface area contributed by atoms with E-state index in [1.165, 1.54) is 0 Å². The van der Waals surface area contributed by atoms with Crippen LogP contribution in [0.25, 0.3) is 0 Å². The smallest absolute Gasteiger partial charge is 0.242 e. The number of carbonyl (C=O) groups excluding carboxylic acids is 1. The lowest BCUT2D eigenvalue weighted by molar-refractivity contribution is -0.121. The molecular formula is C10H14IN3O. The van der Waals surface area contributed by atoms with Crippen molar-refractivity contribution in [3.05, 3.63) is 21.8 Å². The second-order valence-corrected chi connectivity index (χ2v) is 5.09. The number of amides is 1. The van der Waals surface area contributed by atoms with Gasteiger partial charge in [-0.2, -0.15) is 0 Å². The Morgan fingerprint density at radius 1 is 1.47 bits per heavy atom. The van der Waals surface area contributed by atoms with E-state index >= 15 is 0 Å². The summed E-state index contributed by atoms with van der Waals surface area (Å²) in [7, 11) is 0. The fraction of sp³-hybridized carbons (Fsp3) is 0.300. The van der Waals surface area contributed by atoms with Gasteiger partial charge >= 0.3 is 0 Å². The summed E-state index contributed by atoms with van der Waals surface area (Å²) in [4.78, 5) is 11.1. The van der Waals surface area contributed by atoms with Crippen molar-refractivity contribution in [2.45, 2.75) is 19.4 Å². The van der Waals surface area contributed by atoms with Crippen LogP contribution in [-0.4, -0.2) is 11.4 Å². The number of hydrogen-bond acceptors (Lipinski definition) is 3. The molecule has 0 radical (unpaired) electrons. The third-order valence-corrected chi connectivity index (χ3v) is 2.75. The Labute approximate surface area is 103 Å². The van der Waals surface area contributed by atoms with E-state index in [0.29, 0.717) is 5.69 Å². The van der Waals surface area contributed by atoms with Crippen molar-refractivity contribution in [2.75, 3.05) is 11.1 Å². The standard InChI is InChI=1S/C10H14IN3O/c1-10(2,9(13)15)14-8-4-3-6(11)5-7(8)12/h3-5,14H,12H2,1-2H3,(H2,13,15). The second-order valence-electron chi connectivity index (χ2n) is 3.85. The molecule has 0 fully saturated rings. The molecule has 1 aromatic rings. The normalized spacial score (nSPS) is 11.1. The first-order valence-electron chi connectivity index (χ1n) is 4.46. The highest BCUT2D eigenvalue weighted by molar-refractivity contribution is 14.1. The van der Waals surface area contributed by atoms with E-state index < -0.39 is 11.4 Å². The number of nitrogens with one attached hydrogen (secondary N) is 1. The molecule has 4 nitrogen and oxygen atoms in total. The van der Waals surface area contributed by atoms with Crippen LogP contribution in [0.5, 0.6) is 0 Å². The molecule has 0 aliphatic carbocycles. The molecule has 0 atom stereocenters. The zero-order valence-corrected chi connectivity index (χ0v) is 10.8. The quantitative estimate of drug-likeness (QED) is 0.584. The molecule has 82 valence electrons. The van der Waals surface area contributed by atoms with Gasteiger partial charge in [-0.1, -0.05) is 0 Å². The van der Waals surface area contributed by atoms with Gasteiger partial charge in [0.15, 0.2) is 0 Å². The summed E-state index contributed by atoms with van der Waals surface area (Å²) in [5.74, 6) is -0.416. The Morgan fingerprint density at radius 3 is 2.53 bits per heavy atom. The van der Waals surface area contributed by atoms with Crippen molar-refractivity contribution >= 4 is 39.9 Å². The molecule has 5 heteroatoms. The number of halogens is 1. The van der Waals surface area contributed by atoms with Crippen LogP contribution in [0.4, 0.5) is 11.4 Å². The Bertz CT molecular complexity index is 390. The van der Waals surface area contributed by atoms with E-state index in [0.717, 1.165) is 9.26 Å². The van der Waals surface area contributed by atoms with E-state index in [4.69, 9.17) is 11.5 Å². The molecule has 0 unspecified atom stereocenters. The molecule has 0 heterocycles. The molecule has 15 heavy (non-hydrogen) atoms. The zero-order valence-electron chi connectivity index (χ0n) is 8.67. The van der Waals surface area contributed by atoms with Gasteiger partial charge in [-0.3, -0.25) is 4.79 Å². The van der Waals surface area contributed by atoms with Gasteiger partial charge in [-0.25, -0.2) is 0 Å². The first-order valence-corrected chi connectivity index (χ1v) is 5.54. The predicted molar refractivity (Wildman–Crippen MR) is 70.5 cm³/mol. The van der Waals surface area contributed by atoms with Crippen molar-refractivity contribution in [1.29, 1.82) is 0 Å². The van der Waals surface area contributed by atoms with Crippen LogP contribution < -0.4 is 16.8 Å². The predicted octanol–water partition coefficient (Wildman–Crippen LogP) is 1.55. The number of rotatable bonds is 3. The van der Waals surface area contributed by atoms with Gasteiger partial charge in [0.25, 0.3) is 0 Å². The fourth-order valence-corrected chi connectivity index (χ4v) is 1.56. The number of nitrogen functional groups attached to an aromatic ring is 1. The molecule has 5 N–H and O–H groups in total. The Morgan fingerprint density at radius 2 is 2.07 bits per heavy atom. The van der Waals surface area contributed by atoms with Crippen molar-refractivity contribution in [3.8, 4) is 0 Å². The van der Waals surface area contributed by atoms with Gasteiger partial charge in [0.05, 0.1) is 11.4 Å². The maximum atomic E-state index is 11.1. The second kappa shape index (κ2) is 4.26. The summed E-state index contributed by atoms with van der Waals surface area (Å²) in [6.45, 7) is 3.43. The van der Waals surface area contributed by atoms with Crippen LogP contribution >= 0.6 is 22.6 Å². The average molecular weight is 319 g/mol. The lowest BCUT2D eigenvalue weighted by Gasteiger charge is -2.24. The van der Waals surface area contributed by atoms with E-state index in [9.17, 15) is 4.79 Å². The minimum absolute atomic E-state index is 0.416. The van der Waals surface area contributed by atoms with Crippen molar-refractivity contribution in [1.82, 2.24) is 0 Å². The van der Waals surface area contributed by atoms with Crippen molar-refractivity contribution in [2.24, 2.45) is 5.73 Å². The number of carbonyl (C=O) groups is 1. The molecule has 1 rings (SSSR count).